The smallest absolute Gasteiger partial charge is 0.0631 e. The van der Waals surface area contributed by atoms with Gasteiger partial charge in [-0.05, 0) is 12.7 Å². The second kappa shape index (κ2) is 2.44. The van der Waals surface area contributed by atoms with E-state index in [1.807, 2.05) is 0 Å². The van der Waals surface area contributed by atoms with Gasteiger partial charge in [0.2, 0.25) is 0 Å². The molecule has 1 rings (SSSR count). The molecule has 1 heterocycles. The number of likely N-dealkylation sites (tertiary alicyclic amines) is 1. The lowest BCUT2D eigenvalue weighted by molar-refractivity contribution is 0.257. The van der Waals surface area contributed by atoms with Crippen molar-refractivity contribution >= 4 is 11.8 Å². The summed E-state index contributed by atoms with van der Waals surface area (Å²) >= 11 is 1.74. The average molecular weight is 129 g/mol. The van der Waals surface area contributed by atoms with Crippen molar-refractivity contribution in [3.05, 3.63) is 11.6 Å². The summed E-state index contributed by atoms with van der Waals surface area (Å²) < 4.78 is 0. The summed E-state index contributed by atoms with van der Waals surface area (Å²) in [6.07, 6.45) is 3.42. The fourth-order valence-electron chi connectivity index (χ4n) is 0.695. The first-order valence-electron chi connectivity index (χ1n) is 2.82. The molecule has 1 aliphatic rings. The van der Waals surface area contributed by atoms with E-state index in [1.165, 1.54) is 24.5 Å². The molecule has 0 spiro atoms. The highest BCUT2D eigenvalue weighted by atomic mass is 32.2. The Labute approximate surface area is 54.8 Å². The molecule has 0 aliphatic carbocycles. The summed E-state index contributed by atoms with van der Waals surface area (Å²) in [4.78, 5) is 2.30. The monoisotopic (exact) mass is 129 g/mol. The molecule has 0 amide bonds. The third kappa shape index (κ3) is 0.996. The molecule has 0 saturated carbocycles. The van der Waals surface area contributed by atoms with E-state index < -0.39 is 0 Å². The number of hydrogen-bond acceptors (Lipinski definition) is 2. The normalized spacial score (nSPS) is 17.9. The Morgan fingerprint density at radius 2 is 2.25 bits per heavy atom. The summed E-state index contributed by atoms with van der Waals surface area (Å²) in [6, 6.07) is 0. The van der Waals surface area contributed by atoms with Gasteiger partial charge in [0.15, 0.2) is 0 Å². The van der Waals surface area contributed by atoms with Crippen molar-refractivity contribution in [3.63, 3.8) is 0 Å². The van der Waals surface area contributed by atoms with E-state index in [-0.39, 0.29) is 0 Å². The molecule has 0 N–H and O–H groups in total. The van der Waals surface area contributed by atoms with Gasteiger partial charge in [-0.2, -0.15) is 0 Å². The van der Waals surface area contributed by atoms with Gasteiger partial charge in [-0.15, -0.1) is 11.8 Å². The average Bonchev–Trinajstić information content (AvgIpc) is 1.62. The van der Waals surface area contributed by atoms with Crippen molar-refractivity contribution in [2.24, 2.45) is 0 Å². The van der Waals surface area contributed by atoms with Crippen molar-refractivity contribution in [1.82, 2.24) is 4.90 Å². The minimum absolute atomic E-state index is 1.22. The first-order valence-corrected chi connectivity index (χ1v) is 4.05. The second-order valence-corrected chi connectivity index (χ2v) is 2.82. The Bertz CT molecular complexity index is 96.7. The van der Waals surface area contributed by atoms with Crippen LogP contribution in [-0.2, 0) is 0 Å². The third-order valence-electron chi connectivity index (χ3n) is 1.44. The topological polar surface area (TPSA) is 3.24 Å². The minimum atomic E-state index is 1.22. The van der Waals surface area contributed by atoms with E-state index in [1.54, 1.807) is 11.8 Å². The maximum atomic E-state index is 3.88. The van der Waals surface area contributed by atoms with Gasteiger partial charge in [0.1, 0.15) is 0 Å². The number of nitrogens with zero attached hydrogens (tertiary/aromatic N) is 1. The zero-order valence-electron chi connectivity index (χ0n) is 5.18. The molecule has 1 aliphatic heterocycles. The number of thioether (sulfide) groups is 1. The van der Waals surface area contributed by atoms with Crippen LogP contribution in [0.15, 0.2) is 11.6 Å². The van der Waals surface area contributed by atoms with Crippen molar-refractivity contribution in [3.8, 4) is 0 Å². The van der Waals surface area contributed by atoms with Crippen LogP contribution in [0, 0.1) is 0 Å². The van der Waals surface area contributed by atoms with Gasteiger partial charge in [0, 0.05) is 13.1 Å². The molecule has 0 atom stereocenters. The highest BCUT2D eigenvalue weighted by Gasteiger charge is 2.13. The van der Waals surface area contributed by atoms with E-state index in [0.29, 0.717) is 0 Å². The van der Waals surface area contributed by atoms with E-state index >= 15 is 0 Å². The van der Waals surface area contributed by atoms with Crippen molar-refractivity contribution < 1.29 is 0 Å². The molecule has 0 aromatic carbocycles. The molecule has 2 heteroatoms. The summed E-state index contributed by atoms with van der Waals surface area (Å²) in [5, 5.41) is 1.22. The zero-order valence-corrected chi connectivity index (χ0v) is 6.00. The highest BCUT2D eigenvalue weighted by molar-refractivity contribution is 8.02. The van der Waals surface area contributed by atoms with Gasteiger partial charge in [0.25, 0.3) is 0 Å². The lowest BCUT2D eigenvalue weighted by Crippen LogP contribution is -2.34. The molecular weight excluding hydrogens is 118 g/mol. The fourth-order valence-corrected chi connectivity index (χ4v) is 1.14. The molecule has 1 fully saturated rings. The van der Waals surface area contributed by atoms with Gasteiger partial charge in [-0.25, -0.2) is 0 Å². The van der Waals surface area contributed by atoms with E-state index in [9.17, 15) is 0 Å². The van der Waals surface area contributed by atoms with Gasteiger partial charge >= 0.3 is 0 Å². The summed E-state index contributed by atoms with van der Waals surface area (Å²) in [6.45, 7) is 6.33. The molecule has 0 unspecified atom stereocenters. The lowest BCUT2D eigenvalue weighted by atomic mass is 10.2. The minimum Gasteiger partial charge on any atom is -0.367 e. The van der Waals surface area contributed by atoms with Crippen LogP contribution in [0.3, 0.4) is 0 Å². The van der Waals surface area contributed by atoms with Crippen molar-refractivity contribution in [2.75, 3.05) is 19.3 Å². The Morgan fingerprint density at radius 3 is 2.38 bits per heavy atom. The molecular formula is C6H11NS. The van der Waals surface area contributed by atoms with Crippen LogP contribution in [0.2, 0.25) is 0 Å². The highest BCUT2D eigenvalue weighted by Crippen LogP contribution is 2.20. The van der Waals surface area contributed by atoms with Crippen LogP contribution in [0.1, 0.15) is 6.42 Å². The summed E-state index contributed by atoms with van der Waals surface area (Å²) in [7, 11) is 0. The maximum Gasteiger partial charge on any atom is 0.0631 e. The van der Waals surface area contributed by atoms with Crippen LogP contribution >= 0.6 is 11.8 Å². The van der Waals surface area contributed by atoms with Crippen molar-refractivity contribution in [1.29, 1.82) is 0 Å². The van der Waals surface area contributed by atoms with Crippen LogP contribution in [0.4, 0.5) is 0 Å². The Balaban J connectivity index is 2.24. The molecule has 0 aromatic rings. The Morgan fingerprint density at radius 1 is 1.62 bits per heavy atom. The lowest BCUT2D eigenvalue weighted by Gasteiger charge is -2.33. The maximum absolute atomic E-state index is 3.88. The molecule has 0 aromatic heterocycles. The molecule has 8 heavy (non-hydrogen) atoms. The largest absolute Gasteiger partial charge is 0.367 e. The SMILES string of the molecule is C=C(SC)N1CCC1. The van der Waals surface area contributed by atoms with Crippen LogP contribution < -0.4 is 0 Å². The molecule has 0 bridgehead atoms. The standard InChI is InChI=1S/C6H11NS/c1-6(8-2)7-4-3-5-7/h1,3-5H2,2H3. The number of rotatable bonds is 2. The molecule has 0 radical (unpaired) electrons. The van der Waals surface area contributed by atoms with E-state index in [2.05, 4.69) is 17.7 Å². The first kappa shape index (κ1) is 6.02. The Hall–Kier alpha value is -0.110. The molecule has 46 valence electrons. The van der Waals surface area contributed by atoms with Gasteiger partial charge in [-0.3, -0.25) is 0 Å². The van der Waals surface area contributed by atoms with E-state index in [4.69, 9.17) is 0 Å². The van der Waals surface area contributed by atoms with Crippen molar-refractivity contribution in [2.45, 2.75) is 6.42 Å². The van der Waals surface area contributed by atoms with Gasteiger partial charge in [-0.1, -0.05) is 6.58 Å². The van der Waals surface area contributed by atoms with Crippen LogP contribution in [0.5, 0.6) is 0 Å². The number of hydrogen-bond donors (Lipinski definition) is 0. The zero-order chi connectivity index (χ0) is 5.98. The fraction of sp³-hybridized carbons (Fsp3) is 0.667. The Kier molecular flexibility index (Phi) is 1.84. The van der Waals surface area contributed by atoms with Crippen LogP contribution in [-0.4, -0.2) is 24.2 Å². The molecule has 1 saturated heterocycles. The quantitative estimate of drug-likeness (QED) is 0.556. The van der Waals surface area contributed by atoms with Gasteiger partial charge < -0.3 is 4.90 Å². The predicted molar refractivity (Wildman–Crippen MR) is 38.8 cm³/mol. The first-order chi connectivity index (χ1) is 3.84. The van der Waals surface area contributed by atoms with Gasteiger partial charge in [0.05, 0.1) is 5.03 Å². The molecule has 1 nitrogen and oxygen atoms in total. The summed E-state index contributed by atoms with van der Waals surface area (Å²) in [5.74, 6) is 0. The second-order valence-electron chi connectivity index (χ2n) is 1.94. The predicted octanol–water partition coefficient (Wildman–Crippen LogP) is 1.53. The third-order valence-corrected chi connectivity index (χ3v) is 2.17. The van der Waals surface area contributed by atoms with E-state index in [0.717, 1.165) is 0 Å². The van der Waals surface area contributed by atoms with Crippen LogP contribution in [0.25, 0.3) is 0 Å². The summed E-state index contributed by atoms with van der Waals surface area (Å²) in [5.41, 5.74) is 0.